The van der Waals surface area contributed by atoms with Crippen LogP contribution in [0.1, 0.15) is 11.3 Å². The number of rotatable bonds is 1. The predicted octanol–water partition coefficient (Wildman–Crippen LogP) is 3.56. The van der Waals surface area contributed by atoms with Crippen molar-refractivity contribution in [2.24, 2.45) is 0 Å². The lowest BCUT2D eigenvalue weighted by Gasteiger charge is -2.04. The first kappa shape index (κ1) is 11.0. The standard InChI is InChI=1S/C12H11FN2S/c1-7-5-9(3-4-10(7)13)12-14-8(2)6-11(16)15-12/h3-6H,1-2H3,(H,14,15,16). The van der Waals surface area contributed by atoms with E-state index in [-0.39, 0.29) is 5.82 Å². The van der Waals surface area contributed by atoms with Gasteiger partial charge in [-0.3, -0.25) is 0 Å². The van der Waals surface area contributed by atoms with Gasteiger partial charge in [-0.05, 0) is 43.7 Å². The SMILES string of the molecule is Cc1cc(=S)nc(-c2ccc(F)c(C)c2)[nH]1. The Morgan fingerprint density at radius 2 is 2.00 bits per heavy atom. The average Bonchev–Trinajstić information content (AvgIpc) is 2.20. The lowest BCUT2D eigenvalue weighted by molar-refractivity contribution is 0.618. The fraction of sp³-hybridized carbons (Fsp3) is 0.167. The molecule has 0 fully saturated rings. The quantitative estimate of drug-likeness (QED) is 0.764. The third-order valence-electron chi connectivity index (χ3n) is 2.31. The van der Waals surface area contributed by atoms with E-state index in [1.165, 1.54) is 6.07 Å². The van der Waals surface area contributed by atoms with Gasteiger partial charge in [0.1, 0.15) is 16.3 Å². The van der Waals surface area contributed by atoms with Crippen LogP contribution in [0.15, 0.2) is 24.3 Å². The van der Waals surface area contributed by atoms with Gasteiger partial charge in [0.2, 0.25) is 0 Å². The zero-order valence-electron chi connectivity index (χ0n) is 9.04. The number of aromatic amines is 1. The Kier molecular flexibility index (Phi) is 2.83. The summed E-state index contributed by atoms with van der Waals surface area (Å²) in [5, 5.41) is 0. The van der Waals surface area contributed by atoms with Crippen LogP contribution in [-0.4, -0.2) is 9.97 Å². The van der Waals surface area contributed by atoms with E-state index >= 15 is 0 Å². The van der Waals surface area contributed by atoms with Crippen molar-refractivity contribution < 1.29 is 4.39 Å². The summed E-state index contributed by atoms with van der Waals surface area (Å²) in [4.78, 5) is 7.32. The number of nitrogens with zero attached hydrogens (tertiary/aromatic N) is 1. The monoisotopic (exact) mass is 234 g/mol. The number of hydrogen-bond acceptors (Lipinski definition) is 2. The van der Waals surface area contributed by atoms with Crippen LogP contribution >= 0.6 is 12.2 Å². The van der Waals surface area contributed by atoms with Gasteiger partial charge in [-0.15, -0.1) is 0 Å². The van der Waals surface area contributed by atoms with Crippen LogP contribution < -0.4 is 0 Å². The summed E-state index contributed by atoms with van der Waals surface area (Å²) in [5.41, 5.74) is 2.38. The summed E-state index contributed by atoms with van der Waals surface area (Å²) in [6.45, 7) is 3.64. The van der Waals surface area contributed by atoms with Crippen molar-refractivity contribution in [1.82, 2.24) is 9.97 Å². The highest BCUT2D eigenvalue weighted by Crippen LogP contribution is 2.18. The van der Waals surface area contributed by atoms with E-state index in [0.717, 1.165) is 11.3 Å². The average molecular weight is 234 g/mol. The molecule has 0 atom stereocenters. The molecule has 16 heavy (non-hydrogen) atoms. The summed E-state index contributed by atoms with van der Waals surface area (Å²) in [7, 11) is 0. The van der Waals surface area contributed by atoms with E-state index in [2.05, 4.69) is 9.97 Å². The van der Waals surface area contributed by atoms with E-state index in [9.17, 15) is 4.39 Å². The molecule has 1 aromatic heterocycles. The van der Waals surface area contributed by atoms with Gasteiger partial charge in [0.05, 0.1) is 0 Å². The maximum Gasteiger partial charge on any atom is 0.139 e. The Morgan fingerprint density at radius 3 is 2.62 bits per heavy atom. The molecule has 0 aliphatic heterocycles. The van der Waals surface area contributed by atoms with Crippen LogP contribution in [0.5, 0.6) is 0 Å². The van der Waals surface area contributed by atoms with Gasteiger partial charge in [-0.1, -0.05) is 12.2 Å². The van der Waals surface area contributed by atoms with Crippen LogP contribution in [0.2, 0.25) is 0 Å². The van der Waals surface area contributed by atoms with Crippen molar-refractivity contribution in [2.75, 3.05) is 0 Å². The molecular formula is C12H11FN2S. The van der Waals surface area contributed by atoms with Crippen LogP contribution in [0.4, 0.5) is 4.39 Å². The number of halogens is 1. The number of aryl methyl sites for hydroxylation is 2. The minimum Gasteiger partial charge on any atom is -0.343 e. The van der Waals surface area contributed by atoms with Crippen LogP contribution in [0, 0.1) is 24.3 Å². The number of nitrogens with one attached hydrogen (secondary N) is 1. The lowest BCUT2D eigenvalue weighted by atomic mass is 10.1. The molecule has 1 heterocycles. The molecule has 1 aromatic carbocycles. The first-order valence-corrected chi connectivity index (χ1v) is 5.31. The zero-order chi connectivity index (χ0) is 11.7. The molecule has 82 valence electrons. The molecule has 0 bridgehead atoms. The highest BCUT2D eigenvalue weighted by Gasteiger charge is 2.03. The molecule has 2 aromatic rings. The van der Waals surface area contributed by atoms with Crippen molar-refractivity contribution in [3.63, 3.8) is 0 Å². The molecule has 2 rings (SSSR count). The summed E-state index contributed by atoms with van der Waals surface area (Å²) >= 11 is 5.04. The molecule has 2 nitrogen and oxygen atoms in total. The summed E-state index contributed by atoms with van der Waals surface area (Å²) < 4.78 is 13.7. The van der Waals surface area contributed by atoms with Gasteiger partial charge < -0.3 is 4.98 Å². The molecule has 0 saturated carbocycles. The van der Waals surface area contributed by atoms with Crippen molar-refractivity contribution in [3.8, 4) is 11.4 Å². The Balaban J connectivity index is 2.58. The minimum absolute atomic E-state index is 0.213. The Labute approximate surface area is 98.2 Å². The third-order valence-corrected chi connectivity index (χ3v) is 2.52. The van der Waals surface area contributed by atoms with Crippen molar-refractivity contribution in [3.05, 3.63) is 46.0 Å². The van der Waals surface area contributed by atoms with E-state index in [1.807, 2.05) is 6.92 Å². The normalized spacial score (nSPS) is 10.4. The fourth-order valence-electron chi connectivity index (χ4n) is 1.51. The number of H-pyrrole nitrogens is 1. The van der Waals surface area contributed by atoms with E-state index < -0.39 is 0 Å². The molecule has 4 heteroatoms. The van der Waals surface area contributed by atoms with Gasteiger partial charge >= 0.3 is 0 Å². The first-order chi connectivity index (χ1) is 7.56. The van der Waals surface area contributed by atoms with Gasteiger partial charge in [-0.25, -0.2) is 9.37 Å². The summed E-state index contributed by atoms with van der Waals surface area (Å²) in [6, 6.07) is 6.67. The lowest BCUT2D eigenvalue weighted by Crippen LogP contribution is -1.93. The van der Waals surface area contributed by atoms with Crippen LogP contribution in [0.3, 0.4) is 0 Å². The van der Waals surface area contributed by atoms with Crippen LogP contribution in [-0.2, 0) is 0 Å². The van der Waals surface area contributed by atoms with Crippen molar-refractivity contribution in [2.45, 2.75) is 13.8 Å². The maximum atomic E-state index is 13.1. The molecule has 0 radical (unpaired) electrons. The van der Waals surface area contributed by atoms with Crippen molar-refractivity contribution >= 4 is 12.2 Å². The number of hydrogen-bond donors (Lipinski definition) is 1. The Bertz CT molecular complexity index is 590. The van der Waals surface area contributed by atoms with Gasteiger partial charge in [0, 0.05) is 11.3 Å². The fourth-order valence-corrected chi connectivity index (χ4v) is 1.78. The molecule has 0 unspecified atom stereocenters. The molecule has 0 spiro atoms. The second kappa shape index (κ2) is 4.14. The Hall–Kier alpha value is -1.55. The molecule has 0 saturated heterocycles. The predicted molar refractivity (Wildman–Crippen MR) is 64.3 cm³/mol. The second-order valence-electron chi connectivity index (χ2n) is 3.71. The topological polar surface area (TPSA) is 28.7 Å². The molecule has 0 aliphatic carbocycles. The summed E-state index contributed by atoms with van der Waals surface area (Å²) in [6.07, 6.45) is 0. The molecule has 0 aliphatic rings. The second-order valence-corrected chi connectivity index (χ2v) is 4.13. The van der Waals surface area contributed by atoms with E-state index in [4.69, 9.17) is 12.2 Å². The zero-order valence-corrected chi connectivity index (χ0v) is 9.86. The number of benzene rings is 1. The molecule has 1 N–H and O–H groups in total. The Morgan fingerprint density at radius 1 is 1.25 bits per heavy atom. The molecule has 0 amide bonds. The van der Waals surface area contributed by atoms with E-state index in [1.54, 1.807) is 25.1 Å². The van der Waals surface area contributed by atoms with E-state index in [0.29, 0.717) is 16.0 Å². The highest BCUT2D eigenvalue weighted by atomic mass is 32.1. The largest absolute Gasteiger partial charge is 0.343 e. The van der Waals surface area contributed by atoms with Gasteiger partial charge in [0.15, 0.2) is 0 Å². The summed E-state index contributed by atoms with van der Waals surface area (Å²) in [5.74, 6) is 0.461. The highest BCUT2D eigenvalue weighted by molar-refractivity contribution is 7.71. The minimum atomic E-state index is -0.213. The maximum absolute atomic E-state index is 13.1. The smallest absolute Gasteiger partial charge is 0.139 e. The first-order valence-electron chi connectivity index (χ1n) is 4.91. The van der Waals surface area contributed by atoms with Gasteiger partial charge in [-0.2, -0.15) is 0 Å². The third kappa shape index (κ3) is 2.17. The van der Waals surface area contributed by atoms with Crippen LogP contribution in [0.25, 0.3) is 11.4 Å². The molecular weight excluding hydrogens is 223 g/mol. The van der Waals surface area contributed by atoms with Gasteiger partial charge in [0.25, 0.3) is 0 Å². The number of aromatic nitrogens is 2. The van der Waals surface area contributed by atoms with Crippen molar-refractivity contribution in [1.29, 1.82) is 0 Å².